The van der Waals surface area contributed by atoms with Gasteiger partial charge in [-0.2, -0.15) is 0 Å². The van der Waals surface area contributed by atoms with E-state index in [1.54, 1.807) is 0 Å². The van der Waals surface area contributed by atoms with E-state index < -0.39 is 0 Å². The second-order valence-corrected chi connectivity index (χ2v) is 6.56. The molecule has 0 saturated heterocycles. The fourth-order valence-corrected chi connectivity index (χ4v) is 0.632. The lowest BCUT2D eigenvalue weighted by atomic mass is 10.2. The van der Waals surface area contributed by atoms with Crippen LogP contribution in [0.2, 0.25) is 0 Å². The molecule has 1 nitrogen and oxygen atoms in total. The zero-order chi connectivity index (χ0) is 6.78. The summed E-state index contributed by atoms with van der Waals surface area (Å²) in [6.07, 6.45) is 1.30. The fourth-order valence-electron chi connectivity index (χ4n) is 0.316. The van der Waals surface area contributed by atoms with Crippen LogP contribution >= 0.6 is 0 Å². The molecule has 0 rings (SSSR count). The lowest BCUT2D eigenvalue weighted by Crippen LogP contribution is -2.41. The van der Waals surface area contributed by atoms with Crippen molar-refractivity contribution in [2.24, 2.45) is 0 Å². The largest absolute Gasteiger partial charge is 0.400 e. The molecule has 8 heavy (non-hydrogen) atoms. The first-order chi connectivity index (χ1) is 3.50. The summed E-state index contributed by atoms with van der Waals surface area (Å²) in [4.78, 5) is 0. The highest BCUT2D eigenvalue weighted by molar-refractivity contribution is 6.19. The Morgan fingerprint density at radius 2 is 2.00 bits per heavy atom. The molecule has 1 unspecified atom stereocenters. The van der Waals surface area contributed by atoms with E-state index in [0.29, 0.717) is 4.40 Å². The quantitative estimate of drug-likeness (QED) is 0.459. The van der Waals surface area contributed by atoms with E-state index in [0.717, 1.165) is 0 Å². The minimum Gasteiger partial charge on any atom is -0.400 e. The molecule has 0 aromatic rings. The van der Waals surface area contributed by atoms with Gasteiger partial charge in [0.2, 0.25) is 16.3 Å². The summed E-state index contributed by atoms with van der Waals surface area (Å²) in [5.74, 6) is 0. The molecule has 1 atom stereocenters. The van der Waals surface area contributed by atoms with Crippen LogP contribution in [0, 0.1) is 0 Å². The minimum absolute atomic E-state index is 0.576. The Hall–Kier alpha value is 1.02. The van der Waals surface area contributed by atoms with Crippen LogP contribution in [0.1, 0.15) is 20.3 Å². The van der Waals surface area contributed by atoms with Crippen molar-refractivity contribution in [1.82, 2.24) is 3.88 Å². The average molecular weight is 143 g/mol. The fraction of sp³-hybridized carbons (Fsp3) is 1.00. The molecule has 0 aromatic heterocycles. The first-order valence-corrected chi connectivity index (χ1v) is 5.07. The summed E-state index contributed by atoms with van der Waals surface area (Å²) < 4.78 is 3.02. The van der Waals surface area contributed by atoms with Gasteiger partial charge in [0.1, 0.15) is 0 Å². The first kappa shape index (κ1) is 9.02. The number of hydrogen-bond acceptors (Lipinski definition) is 1. The van der Waals surface area contributed by atoms with E-state index in [1.807, 2.05) is 0 Å². The van der Waals surface area contributed by atoms with Crippen LogP contribution in [0.4, 0.5) is 0 Å². The summed E-state index contributed by atoms with van der Waals surface area (Å²) in [7, 11) is 2.21. The number of nitrogens with zero attached hydrogens (tertiary/aromatic N) is 1. The van der Waals surface area contributed by atoms with E-state index in [4.69, 9.17) is 0 Å². The minimum atomic E-state index is 0.576. The lowest BCUT2D eigenvalue weighted by Gasteiger charge is -2.33. The first-order valence-electron chi connectivity index (χ1n) is 3.18. The molecule has 0 aromatic carbocycles. The predicted molar refractivity (Wildman–Crippen MR) is 43.5 cm³/mol. The van der Waals surface area contributed by atoms with Gasteiger partial charge in [-0.05, 0) is 7.05 Å². The topological polar surface area (TPSA) is 3.24 Å². The molecule has 0 amide bonds. The standard InChI is InChI=1S/C5H11N.2Al.4H/c1-4-5(2)6-3;;;;;;/h4H2,1-3H3;;;;;;/q-1;;+1;;;;. The third-order valence-electron chi connectivity index (χ3n) is 2.08. The van der Waals surface area contributed by atoms with Gasteiger partial charge in [0.25, 0.3) is 0 Å². The zero-order valence-corrected chi connectivity index (χ0v) is 10.7. The molecule has 0 heterocycles. The SMILES string of the molecule is CC[C](C)([AlH2])[N](C)[AlH2]. The summed E-state index contributed by atoms with van der Waals surface area (Å²) in [5.41, 5.74) is 0. The molecule has 3 heteroatoms. The molecular formula is C5H15Al2N. The maximum absolute atomic E-state index is 2.44. The monoisotopic (exact) mass is 143 g/mol. The second kappa shape index (κ2) is 3.26. The van der Waals surface area contributed by atoms with Crippen molar-refractivity contribution in [1.29, 1.82) is 0 Å². The van der Waals surface area contributed by atoms with E-state index in [1.165, 1.54) is 39.2 Å². The smallest absolute Gasteiger partial charge is 0.320 e. The van der Waals surface area contributed by atoms with E-state index in [-0.39, 0.29) is 0 Å². The van der Waals surface area contributed by atoms with Gasteiger partial charge < -0.3 is 3.88 Å². The molecule has 0 spiro atoms. The molecule has 46 valence electrons. The van der Waals surface area contributed by atoms with Crippen LogP contribution in [0.15, 0.2) is 0 Å². The van der Waals surface area contributed by atoms with Crippen molar-refractivity contribution in [3.8, 4) is 0 Å². The Kier molecular flexibility index (Phi) is 3.68. The van der Waals surface area contributed by atoms with Crippen molar-refractivity contribution in [2.45, 2.75) is 24.7 Å². The van der Waals surface area contributed by atoms with Gasteiger partial charge in [-0.25, -0.2) is 0 Å². The Labute approximate surface area is 68.5 Å². The van der Waals surface area contributed by atoms with Crippen LogP contribution in [0.25, 0.3) is 0 Å². The highest BCUT2D eigenvalue weighted by Crippen LogP contribution is 2.08. The highest BCUT2D eigenvalue weighted by atomic mass is 27.1. The summed E-state index contributed by atoms with van der Waals surface area (Å²) in [5, 5.41) is 0. The molecule has 0 aliphatic carbocycles. The molecule has 0 aliphatic rings. The summed E-state index contributed by atoms with van der Waals surface area (Å²) in [6, 6.07) is 0. The Balaban J connectivity index is 3.71. The maximum Gasteiger partial charge on any atom is 0.320 e. The van der Waals surface area contributed by atoms with Crippen molar-refractivity contribution in [2.75, 3.05) is 7.05 Å². The van der Waals surface area contributed by atoms with E-state index in [2.05, 4.69) is 24.8 Å². The Morgan fingerprint density at radius 3 is 2.00 bits per heavy atom. The predicted octanol–water partition coefficient (Wildman–Crippen LogP) is -0.774. The van der Waals surface area contributed by atoms with Crippen molar-refractivity contribution in [3.05, 3.63) is 0 Å². The molecule has 0 N–H and O–H groups in total. The number of hydrogen-bond donors (Lipinski definition) is 0. The van der Waals surface area contributed by atoms with Crippen molar-refractivity contribution >= 4 is 32.8 Å². The van der Waals surface area contributed by atoms with Crippen LogP contribution in [-0.2, 0) is 0 Å². The van der Waals surface area contributed by atoms with Gasteiger partial charge in [-0.3, -0.25) is 0 Å². The molecule has 0 fully saturated rings. The van der Waals surface area contributed by atoms with Crippen LogP contribution < -0.4 is 0 Å². The third-order valence-corrected chi connectivity index (χ3v) is 5.78. The van der Waals surface area contributed by atoms with Gasteiger partial charge in [0.15, 0.2) is 0 Å². The maximum atomic E-state index is 2.44. The van der Waals surface area contributed by atoms with Crippen LogP contribution in [-0.4, -0.2) is 48.1 Å². The van der Waals surface area contributed by atoms with Crippen molar-refractivity contribution in [3.63, 3.8) is 0 Å². The van der Waals surface area contributed by atoms with Gasteiger partial charge in [0, 0.05) is 0 Å². The van der Waals surface area contributed by atoms with E-state index >= 15 is 0 Å². The highest BCUT2D eigenvalue weighted by Gasteiger charge is 2.15. The van der Waals surface area contributed by atoms with Gasteiger partial charge in [-0.1, -0.05) is 24.7 Å². The number of rotatable bonds is 2. The van der Waals surface area contributed by atoms with Crippen LogP contribution in [0.3, 0.4) is 0 Å². The van der Waals surface area contributed by atoms with Crippen molar-refractivity contribution < 1.29 is 0 Å². The normalized spacial score (nSPS) is 18.5. The second-order valence-electron chi connectivity index (χ2n) is 3.06. The molecule has 0 radical (unpaired) electrons. The van der Waals surface area contributed by atoms with E-state index in [9.17, 15) is 0 Å². The molecule has 0 bridgehead atoms. The van der Waals surface area contributed by atoms with Gasteiger partial charge >= 0.3 is 16.5 Å². The summed E-state index contributed by atoms with van der Waals surface area (Å²) in [6.45, 7) is 4.60. The van der Waals surface area contributed by atoms with Crippen LogP contribution in [0.5, 0.6) is 0 Å². The zero-order valence-electron chi connectivity index (χ0n) is 6.65. The molecule has 0 aliphatic heterocycles. The third kappa shape index (κ3) is 2.54. The van der Waals surface area contributed by atoms with Gasteiger partial charge in [0.05, 0.1) is 0 Å². The summed E-state index contributed by atoms with van der Waals surface area (Å²) >= 11 is 2.50. The Morgan fingerprint density at radius 1 is 1.62 bits per heavy atom. The van der Waals surface area contributed by atoms with Gasteiger partial charge in [-0.15, -0.1) is 0 Å². The Bertz CT molecular complexity index is 70.8. The molecular weight excluding hydrogens is 128 g/mol. The molecule has 0 saturated carbocycles. The lowest BCUT2D eigenvalue weighted by molar-refractivity contribution is 0.355. The average Bonchev–Trinajstić information content (AvgIpc) is 1.67.